The number of aryl methyl sites for hydroxylation is 1. The maximum absolute atomic E-state index is 10.1. The molecule has 0 spiro atoms. The summed E-state index contributed by atoms with van der Waals surface area (Å²) in [5.41, 5.74) is 2.75. The number of aliphatic hydroxyl groups is 1. The monoisotopic (exact) mass is 288 g/mol. The normalized spacial score (nSPS) is 41.2. The van der Waals surface area contributed by atoms with E-state index in [1.807, 2.05) is 0 Å². The van der Waals surface area contributed by atoms with Gasteiger partial charge in [-0.25, -0.2) is 0 Å². The van der Waals surface area contributed by atoms with Crippen molar-refractivity contribution in [3.63, 3.8) is 0 Å². The molecule has 2 saturated carbocycles. The first kappa shape index (κ1) is 13.4. The number of fused-ring (bicyclic) bond motifs is 5. The van der Waals surface area contributed by atoms with Crippen LogP contribution in [0.2, 0.25) is 0 Å². The van der Waals surface area contributed by atoms with E-state index in [4.69, 9.17) is 0 Å². The van der Waals surface area contributed by atoms with Gasteiger partial charge in [0.15, 0.2) is 11.5 Å². The van der Waals surface area contributed by atoms with E-state index in [0.717, 1.165) is 38.5 Å². The van der Waals surface area contributed by atoms with E-state index in [-0.39, 0.29) is 17.6 Å². The summed E-state index contributed by atoms with van der Waals surface area (Å²) in [7, 11) is 0. The molecule has 3 nitrogen and oxygen atoms in total. The van der Waals surface area contributed by atoms with E-state index in [1.54, 1.807) is 12.1 Å². The Labute approximate surface area is 125 Å². The van der Waals surface area contributed by atoms with Crippen molar-refractivity contribution in [2.24, 2.45) is 17.3 Å². The zero-order valence-electron chi connectivity index (χ0n) is 12.5. The molecule has 0 saturated heterocycles. The van der Waals surface area contributed by atoms with E-state index in [9.17, 15) is 15.3 Å². The molecule has 0 heterocycles. The van der Waals surface area contributed by atoms with Crippen LogP contribution in [0.25, 0.3) is 0 Å². The molecular formula is C18H24O3. The number of hydrogen-bond acceptors (Lipinski definition) is 3. The van der Waals surface area contributed by atoms with Gasteiger partial charge < -0.3 is 15.3 Å². The molecule has 4 rings (SSSR count). The Morgan fingerprint density at radius 2 is 1.90 bits per heavy atom. The second kappa shape index (κ2) is 4.39. The summed E-state index contributed by atoms with van der Waals surface area (Å²) < 4.78 is 0. The largest absolute Gasteiger partial charge is 0.504 e. The van der Waals surface area contributed by atoms with Gasteiger partial charge in [-0.2, -0.15) is 0 Å². The summed E-state index contributed by atoms with van der Waals surface area (Å²) in [4.78, 5) is 0. The van der Waals surface area contributed by atoms with Crippen LogP contribution in [0.15, 0.2) is 12.1 Å². The van der Waals surface area contributed by atoms with E-state index < -0.39 is 0 Å². The maximum atomic E-state index is 10.1. The van der Waals surface area contributed by atoms with Crippen molar-refractivity contribution >= 4 is 0 Å². The summed E-state index contributed by atoms with van der Waals surface area (Å²) in [6.07, 6.45) is 6.19. The number of benzene rings is 1. The van der Waals surface area contributed by atoms with E-state index in [1.165, 1.54) is 11.1 Å². The molecule has 0 aromatic heterocycles. The van der Waals surface area contributed by atoms with Gasteiger partial charge in [0.2, 0.25) is 0 Å². The van der Waals surface area contributed by atoms with Gasteiger partial charge in [-0.1, -0.05) is 6.92 Å². The third kappa shape index (κ3) is 1.90. The van der Waals surface area contributed by atoms with E-state index in [2.05, 4.69) is 6.92 Å². The summed E-state index contributed by atoms with van der Waals surface area (Å²) >= 11 is 0. The van der Waals surface area contributed by atoms with Gasteiger partial charge in [-0.05, 0) is 85.0 Å². The topological polar surface area (TPSA) is 60.7 Å². The first-order chi connectivity index (χ1) is 9.98. The number of rotatable bonds is 0. The highest BCUT2D eigenvalue weighted by molar-refractivity contribution is 5.48. The molecular weight excluding hydrogens is 264 g/mol. The lowest BCUT2D eigenvalue weighted by Gasteiger charge is -2.49. The van der Waals surface area contributed by atoms with Crippen molar-refractivity contribution in [1.82, 2.24) is 0 Å². The third-order valence-electron chi connectivity index (χ3n) is 6.57. The van der Waals surface area contributed by atoms with Gasteiger partial charge in [-0.3, -0.25) is 0 Å². The summed E-state index contributed by atoms with van der Waals surface area (Å²) in [6, 6.07) is 3.54. The average molecular weight is 288 g/mol. The smallest absolute Gasteiger partial charge is 0.157 e. The molecule has 0 amide bonds. The number of phenolic OH excluding ortho intramolecular Hbond substituents is 2. The van der Waals surface area contributed by atoms with Gasteiger partial charge in [0.05, 0.1) is 6.10 Å². The second-order valence-electron chi connectivity index (χ2n) is 7.74. The molecule has 5 atom stereocenters. The predicted molar refractivity (Wildman–Crippen MR) is 80.4 cm³/mol. The van der Waals surface area contributed by atoms with E-state index in [0.29, 0.717) is 23.2 Å². The van der Waals surface area contributed by atoms with Crippen molar-refractivity contribution in [3.8, 4) is 11.5 Å². The van der Waals surface area contributed by atoms with Crippen molar-refractivity contribution < 1.29 is 15.3 Å². The number of hydrogen-bond donors (Lipinski definition) is 3. The number of phenols is 2. The molecule has 114 valence electrons. The highest BCUT2D eigenvalue weighted by Gasteiger charge is 2.52. The molecule has 0 aliphatic heterocycles. The standard InChI is InChI=1S/C18H24O3/c1-18-5-4-12-13(15(18)7-11(19)9-18)3-2-10-6-16(20)17(21)8-14(10)12/h6,8,11-13,15,19-21H,2-5,7,9H2,1H3/t11-,12-,13+,15-,18+/m0/s1. The Morgan fingerprint density at radius 1 is 1.14 bits per heavy atom. The molecule has 2 fully saturated rings. The van der Waals surface area contributed by atoms with Crippen molar-refractivity contribution in [3.05, 3.63) is 23.3 Å². The lowest BCUT2D eigenvalue weighted by molar-refractivity contribution is 0.0595. The van der Waals surface area contributed by atoms with Crippen LogP contribution >= 0.6 is 0 Å². The minimum Gasteiger partial charge on any atom is -0.504 e. The van der Waals surface area contributed by atoms with Gasteiger partial charge in [0.25, 0.3) is 0 Å². The Bertz CT molecular complexity index is 582. The summed E-state index contributed by atoms with van der Waals surface area (Å²) in [5, 5.41) is 29.7. The highest BCUT2D eigenvalue weighted by atomic mass is 16.3. The zero-order chi connectivity index (χ0) is 14.8. The lowest BCUT2D eigenvalue weighted by atomic mass is 9.56. The Kier molecular flexibility index (Phi) is 2.81. The molecule has 0 bridgehead atoms. The predicted octanol–water partition coefficient (Wildman–Crippen LogP) is 3.31. The molecule has 1 aromatic rings. The SMILES string of the molecule is C[C@]12CC[C@@H]3c4cc(O)c(O)cc4CC[C@H]3[C@@H]1C[C@H](O)C2. The summed E-state index contributed by atoms with van der Waals surface area (Å²) in [6.45, 7) is 2.36. The van der Waals surface area contributed by atoms with Gasteiger partial charge in [0, 0.05) is 0 Å². The number of aliphatic hydroxyl groups excluding tert-OH is 1. The minimum absolute atomic E-state index is 0.00383. The highest BCUT2D eigenvalue weighted by Crippen LogP contribution is 2.61. The van der Waals surface area contributed by atoms with Crippen LogP contribution in [0.4, 0.5) is 0 Å². The first-order valence-corrected chi connectivity index (χ1v) is 8.21. The van der Waals surface area contributed by atoms with E-state index >= 15 is 0 Å². The van der Waals surface area contributed by atoms with Gasteiger partial charge >= 0.3 is 0 Å². The van der Waals surface area contributed by atoms with Crippen LogP contribution in [-0.2, 0) is 6.42 Å². The van der Waals surface area contributed by atoms with Crippen LogP contribution in [0.3, 0.4) is 0 Å². The fraction of sp³-hybridized carbons (Fsp3) is 0.667. The molecule has 3 N–H and O–H groups in total. The van der Waals surface area contributed by atoms with Gasteiger partial charge in [0.1, 0.15) is 0 Å². The number of aromatic hydroxyl groups is 2. The quantitative estimate of drug-likeness (QED) is 0.642. The van der Waals surface area contributed by atoms with Crippen LogP contribution in [0.1, 0.15) is 56.1 Å². The van der Waals surface area contributed by atoms with Crippen LogP contribution in [-0.4, -0.2) is 21.4 Å². The Balaban J connectivity index is 1.73. The molecule has 1 aromatic carbocycles. The van der Waals surface area contributed by atoms with Crippen molar-refractivity contribution in [2.75, 3.05) is 0 Å². The Morgan fingerprint density at radius 3 is 2.71 bits per heavy atom. The molecule has 3 aliphatic carbocycles. The van der Waals surface area contributed by atoms with Crippen LogP contribution < -0.4 is 0 Å². The molecule has 0 radical (unpaired) electrons. The lowest BCUT2D eigenvalue weighted by Crippen LogP contribution is -2.39. The van der Waals surface area contributed by atoms with Crippen molar-refractivity contribution in [1.29, 1.82) is 0 Å². The van der Waals surface area contributed by atoms with Crippen LogP contribution in [0.5, 0.6) is 11.5 Å². The van der Waals surface area contributed by atoms with Crippen molar-refractivity contribution in [2.45, 2.75) is 57.5 Å². The van der Waals surface area contributed by atoms with Gasteiger partial charge in [-0.15, -0.1) is 0 Å². The fourth-order valence-electron chi connectivity index (χ4n) is 5.62. The molecule has 3 heteroatoms. The maximum Gasteiger partial charge on any atom is 0.157 e. The molecule has 3 aliphatic rings. The third-order valence-corrected chi connectivity index (χ3v) is 6.57. The average Bonchev–Trinajstić information content (AvgIpc) is 2.74. The first-order valence-electron chi connectivity index (χ1n) is 8.21. The second-order valence-corrected chi connectivity index (χ2v) is 7.74. The Hall–Kier alpha value is -1.22. The zero-order valence-corrected chi connectivity index (χ0v) is 12.5. The molecule has 21 heavy (non-hydrogen) atoms. The fourth-order valence-corrected chi connectivity index (χ4v) is 5.62. The minimum atomic E-state index is -0.131. The van der Waals surface area contributed by atoms with Crippen LogP contribution in [0, 0.1) is 17.3 Å². The molecule has 0 unspecified atom stereocenters. The summed E-state index contributed by atoms with van der Waals surface area (Å²) in [5.74, 6) is 1.73.